The zero-order valence-electron chi connectivity index (χ0n) is 10.8. The number of rotatable bonds is 4. The lowest BCUT2D eigenvalue weighted by atomic mass is 10.2. The molecule has 0 saturated carbocycles. The van der Waals surface area contributed by atoms with Gasteiger partial charge in [0, 0.05) is 5.02 Å². The first-order chi connectivity index (χ1) is 9.98. The van der Waals surface area contributed by atoms with Crippen LogP contribution in [0.5, 0.6) is 0 Å². The molecule has 0 atom stereocenters. The summed E-state index contributed by atoms with van der Waals surface area (Å²) in [5.74, 6) is 0. The number of nitriles is 1. The van der Waals surface area contributed by atoms with Crippen molar-refractivity contribution >= 4 is 33.4 Å². The Bertz CT molecular complexity index is 806. The monoisotopic (exact) mass is 318 g/mol. The van der Waals surface area contributed by atoms with Crippen molar-refractivity contribution in [2.24, 2.45) is 0 Å². The molecule has 0 aromatic heterocycles. The van der Waals surface area contributed by atoms with E-state index in [4.69, 9.17) is 16.9 Å². The molecule has 0 aliphatic carbocycles. The minimum absolute atomic E-state index is 0.342. The van der Waals surface area contributed by atoms with Gasteiger partial charge in [0.15, 0.2) is 0 Å². The third kappa shape index (κ3) is 4.63. The Morgan fingerprint density at radius 3 is 2.52 bits per heavy atom. The van der Waals surface area contributed by atoms with Crippen molar-refractivity contribution in [2.45, 2.75) is 0 Å². The van der Waals surface area contributed by atoms with Crippen LogP contribution in [0.25, 0.3) is 6.08 Å². The Balaban J connectivity index is 2.15. The average Bonchev–Trinajstić information content (AvgIpc) is 2.46. The Labute approximate surface area is 128 Å². The second-order valence-corrected chi connectivity index (χ2v) is 6.20. The van der Waals surface area contributed by atoms with Crippen LogP contribution in [0.3, 0.4) is 0 Å². The van der Waals surface area contributed by atoms with Crippen LogP contribution >= 0.6 is 11.6 Å². The number of benzene rings is 2. The highest BCUT2D eigenvalue weighted by atomic mass is 35.5. The first-order valence-corrected chi connectivity index (χ1v) is 7.87. The molecule has 6 heteroatoms. The van der Waals surface area contributed by atoms with E-state index in [2.05, 4.69) is 4.72 Å². The second-order valence-electron chi connectivity index (χ2n) is 4.19. The van der Waals surface area contributed by atoms with Gasteiger partial charge in [-0.15, -0.1) is 0 Å². The largest absolute Gasteiger partial charge is 0.280 e. The van der Waals surface area contributed by atoms with E-state index in [1.54, 1.807) is 42.5 Å². The molecule has 0 bridgehead atoms. The van der Waals surface area contributed by atoms with E-state index in [0.29, 0.717) is 16.3 Å². The number of nitrogens with zero attached hydrogens (tertiary/aromatic N) is 1. The van der Waals surface area contributed by atoms with E-state index in [9.17, 15) is 8.42 Å². The summed E-state index contributed by atoms with van der Waals surface area (Å²) in [6.45, 7) is 0. The summed E-state index contributed by atoms with van der Waals surface area (Å²) in [5.41, 5.74) is 1.45. The molecular weight excluding hydrogens is 308 g/mol. The average molecular weight is 319 g/mol. The first kappa shape index (κ1) is 15.1. The molecular formula is C15H11ClN2O2S. The Hall–Kier alpha value is -2.29. The van der Waals surface area contributed by atoms with Gasteiger partial charge in [-0.3, -0.25) is 4.72 Å². The van der Waals surface area contributed by atoms with Gasteiger partial charge in [0.2, 0.25) is 0 Å². The molecule has 0 radical (unpaired) electrons. The molecule has 0 saturated heterocycles. The molecule has 106 valence electrons. The SMILES string of the molecule is N#Cc1cccc(NS(=O)(=O)/C=C/c2ccc(Cl)cc2)c1. The summed E-state index contributed by atoms with van der Waals surface area (Å²) in [4.78, 5) is 0. The smallest absolute Gasteiger partial charge is 0.255 e. The lowest BCUT2D eigenvalue weighted by Gasteiger charge is -2.04. The fourth-order valence-corrected chi connectivity index (χ4v) is 2.58. The molecule has 0 unspecified atom stereocenters. The number of hydrogen-bond donors (Lipinski definition) is 1. The zero-order valence-corrected chi connectivity index (χ0v) is 12.4. The van der Waals surface area contributed by atoms with Gasteiger partial charge in [-0.1, -0.05) is 29.8 Å². The highest BCUT2D eigenvalue weighted by Gasteiger charge is 2.06. The Morgan fingerprint density at radius 1 is 1.14 bits per heavy atom. The molecule has 0 aliphatic rings. The minimum atomic E-state index is -3.64. The molecule has 0 amide bonds. The third-order valence-electron chi connectivity index (χ3n) is 2.56. The van der Waals surface area contributed by atoms with Crippen molar-refractivity contribution in [3.8, 4) is 6.07 Å². The van der Waals surface area contributed by atoms with Crippen LogP contribution in [-0.2, 0) is 10.0 Å². The fourth-order valence-electron chi connectivity index (χ4n) is 1.59. The number of nitrogens with one attached hydrogen (secondary N) is 1. The van der Waals surface area contributed by atoms with Crippen LogP contribution in [0.15, 0.2) is 53.9 Å². The van der Waals surface area contributed by atoms with E-state index >= 15 is 0 Å². The highest BCUT2D eigenvalue weighted by Crippen LogP contribution is 2.14. The van der Waals surface area contributed by atoms with Gasteiger partial charge in [-0.05, 0) is 42.0 Å². The molecule has 2 rings (SSSR count). The van der Waals surface area contributed by atoms with Crippen molar-refractivity contribution in [3.63, 3.8) is 0 Å². The molecule has 0 heterocycles. The van der Waals surface area contributed by atoms with Gasteiger partial charge in [-0.25, -0.2) is 8.42 Å². The molecule has 1 N–H and O–H groups in total. The van der Waals surface area contributed by atoms with Gasteiger partial charge in [0.1, 0.15) is 0 Å². The first-order valence-electron chi connectivity index (χ1n) is 5.95. The van der Waals surface area contributed by atoms with Gasteiger partial charge in [0.05, 0.1) is 22.7 Å². The van der Waals surface area contributed by atoms with Crippen molar-refractivity contribution in [1.82, 2.24) is 0 Å². The summed E-state index contributed by atoms with van der Waals surface area (Å²) in [7, 11) is -3.64. The summed E-state index contributed by atoms with van der Waals surface area (Å²) in [6.07, 6.45) is 1.47. The molecule has 0 spiro atoms. The lowest BCUT2D eigenvalue weighted by molar-refractivity contribution is 0.609. The van der Waals surface area contributed by atoms with Crippen molar-refractivity contribution in [2.75, 3.05) is 4.72 Å². The number of anilines is 1. The second kappa shape index (κ2) is 6.44. The third-order valence-corrected chi connectivity index (χ3v) is 3.83. The number of hydrogen-bond acceptors (Lipinski definition) is 3. The maximum Gasteiger partial charge on any atom is 0.255 e. The number of halogens is 1. The summed E-state index contributed by atoms with van der Waals surface area (Å²) in [5, 5.41) is 10.4. The zero-order chi connectivity index (χ0) is 15.3. The van der Waals surface area contributed by atoms with Crippen molar-refractivity contribution in [1.29, 1.82) is 5.26 Å². The molecule has 4 nitrogen and oxygen atoms in total. The predicted molar refractivity (Wildman–Crippen MR) is 84.2 cm³/mol. The van der Waals surface area contributed by atoms with E-state index < -0.39 is 10.0 Å². The fraction of sp³-hybridized carbons (Fsp3) is 0. The van der Waals surface area contributed by atoms with Crippen LogP contribution in [0.4, 0.5) is 5.69 Å². The summed E-state index contributed by atoms with van der Waals surface area (Å²) < 4.78 is 26.2. The highest BCUT2D eigenvalue weighted by molar-refractivity contribution is 7.95. The van der Waals surface area contributed by atoms with Gasteiger partial charge >= 0.3 is 0 Å². The van der Waals surface area contributed by atoms with Crippen molar-refractivity contribution in [3.05, 3.63) is 70.1 Å². The van der Waals surface area contributed by atoms with Crippen molar-refractivity contribution < 1.29 is 8.42 Å². The van der Waals surface area contributed by atoms with Gasteiger partial charge in [-0.2, -0.15) is 5.26 Å². The van der Waals surface area contributed by atoms with E-state index in [1.807, 2.05) is 6.07 Å². The van der Waals surface area contributed by atoms with Gasteiger partial charge in [0.25, 0.3) is 10.0 Å². The van der Waals surface area contributed by atoms with E-state index in [1.165, 1.54) is 12.1 Å². The predicted octanol–water partition coefficient (Wildman–Crippen LogP) is 3.62. The standard InChI is InChI=1S/C15H11ClN2O2S/c16-14-6-4-12(5-7-14)8-9-21(19,20)18-15-3-1-2-13(10-15)11-17/h1-10,18H/b9-8+. The minimum Gasteiger partial charge on any atom is -0.280 e. The maximum atomic E-state index is 11.9. The van der Waals surface area contributed by atoms with Crippen LogP contribution in [0.2, 0.25) is 5.02 Å². The van der Waals surface area contributed by atoms with E-state index in [0.717, 1.165) is 11.0 Å². The van der Waals surface area contributed by atoms with Crippen LogP contribution in [0.1, 0.15) is 11.1 Å². The molecule has 2 aromatic carbocycles. The van der Waals surface area contributed by atoms with Crippen LogP contribution in [-0.4, -0.2) is 8.42 Å². The molecule has 2 aromatic rings. The normalized spacial score (nSPS) is 11.2. The summed E-state index contributed by atoms with van der Waals surface area (Å²) >= 11 is 5.76. The Kier molecular flexibility index (Phi) is 4.63. The van der Waals surface area contributed by atoms with Crippen LogP contribution < -0.4 is 4.72 Å². The summed E-state index contributed by atoms with van der Waals surface area (Å²) in [6, 6.07) is 15.0. The lowest BCUT2D eigenvalue weighted by Crippen LogP contribution is -2.08. The van der Waals surface area contributed by atoms with Gasteiger partial charge < -0.3 is 0 Å². The number of sulfonamides is 1. The molecule has 21 heavy (non-hydrogen) atoms. The van der Waals surface area contributed by atoms with E-state index in [-0.39, 0.29) is 0 Å². The molecule has 0 fully saturated rings. The van der Waals surface area contributed by atoms with Crippen LogP contribution in [0, 0.1) is 11.3 Å². The Morgan fingerprint density at radius 2 is 1.86 bits per heavy atom. The molecule has 0 aliphatic heterocycles. The quantitative estimate of drug-likeness (QED) is 0.935. The maximum absolute atomic E-state index is 11.9. The topological polar surface area (TPSA) is 70.0 Å².